The van der Waals surface area contributed by atoms with Gasteiger partial charge in [-0.1, -0.05) is 17.3 Å². The van der Waals surface area contributed by atoms with Crippen LogP contribution in [0.5, 0.6) is 0 Å². The van der Waals surface area contributed by atoms with Crippen molar-refractivity contribution in [3.8, 4) is 0 Å². The highest BCUT2D eigenvalue weighted by atomic mass is 35.5. The Labute approximate surface area is 122 Å². The van der Waals surface area contributed by atoms with Crippen molar-refractivity contribution in [3.05, 3.63) is 59.9 Å². The zero-order valence-electron chi connectivity index (χ0n) is 10.6. The molecule has 0 aliphatic heterocycles. The number of hydrogen-bond donors (Lipinski definition) is 2. The van der Waals surface area contributed by atoms with Crippen LogP contribution in [0.4, 0.5) is 5.69 Å². The molecule has 1 amide bonds. The van der Waals surface area contributed by atoms with Gasteiger partial charge in [-0.2, -0.15) is 0 Å². The summed E-state index contributed by atoms with van der Waals surface area (Å²) in [6.07, 6.45) is 5.15. The zero-order valence-corrected chi connectivity index (χ0v) is 11.4. The molecule has 0 saturated heterocycles. The second kappa shape index (κ2) is 7.91. The topological polar surface area (TPSA) is 74.6 Å². The third-order valence-corrected chi connectivity index (χ3v) is 2.55. The molecule has 1 aromatic carbocycles. The van der Waals surface area contributed by atoms with E-state index in [0.29, 0.717) is 5.69 Å². The van der Waals surface area contributed by atoms with Crippen LogP contribution in [0.2, 0.25) is 0 Å². The number of rotatable bonds is 4. The molecule has 6 heteroatoms. The minimum Gasteiger partial charge on any atom is -0.411 e. The number of nitrogens with zero attached hydrogens (tertiary/aromatic N) is 2. The molecule has 0 bridgehead atoms. The molecule has 20 heavy (non-hydrogen) atoms. The van der Waals surface area contributed by atoms with Crippen LogP contribution in [0.25, 0.3) is 0 Å². The van der Waals surface area contributed by atoms with Gasteiger partial charge < -0.3 is 10.5 Å². The number of carbonyl (C=O) groups is 1. The Bertz CT molecular complexity index is 571. The number of pyridine rings is 1. The number of hydrogen-bond acceptors (Lipinski definition) is 4. The summed E-state index contributed by atoms with van der Waals surface area (Å²) in [5.41, 5.74) is 2.97. The quantitative estimate of drug-likeness (QED) is 0.516. The molecule has 104 valence electrons. The minimum atomic E-state index is -0.468. The predicted octanol–water partition coefficient (Wildman–Crippen LogP) is 2.49. The van der Waals surface area contributed by atoms with Gasteiger partial charge in [-0.3, -0.25) is 9.78 Å². The van der Waals surface area contributed by atoms with Crippen LogP contribution in [0, 0.1) is 0 Å². The number of benzene rings is 1. The molecular formula is C14H14ClN3O2. The first-order chi connectivity index (χ1) is 9.28. The Morgan fingerprint density at radius 2 is 1.75 bits per heavy atom. The predicted molar refractivity (Wildman–Crippen MR) is 79.6 cm³/mol. The van der Waals surface area contributed by atoms with Crippen molar-refractivity contribution in [2.24, 2.45) is 5.16 Å². The molecule has 0 saturated carbocycles. The number of carbonyl (C=O) groups excluding carboxylic acids is 1. The normalized spacial score (nSPS) is 10.0. The van der Waals surface area contributed by atoms with E-state index in [1.54, 1.807) is 24.5 Å². The molecule has 0 aliphatic carbocycles. The lowest BCUT2D eigenvalue weighted by molar-refractivity contribution is -0.110. The number of oxime groups is 1. The largest absolute Gasteiger partial charge is 0.411 e. The molecular weight excluding hydrogens is 278 g/mol. The first-order valence-corrected chi connectivity index (χ1v) is 5.74. The summed E-state index contributed by atoms with van der Waals surface area (Å²) >= 11 is 0. The Balaban J connectivity index is 0.00000200. The standard InChI is InChI=1S/C14H13N3O2.ClH/c18-14(10-16-19)17-13-3-1-11(2-4-13)9-12-5-7-15-8-6-12;/h1-8,10,19H,9H2,(H,17,18);1H. The summed E-state index contributed by atoms with van der Waals surface area (Å²) in [6.45, 7) is 0. The maximum absolute atomic E-state index is 11.2. The van der Waals surface area contributed by atoms with E-state index >= 15 is 0 Å². The van der Waals surface area contributed by atoms with Gasteiger partial charge in [-0.05, 0) is 41.8 Å². The van der Waals surface area contributed by atoms with E-state index in [0.717, 1.165) is 18.2 Å². The summed E-state index contributed by atoms with van der Waals surface area (Å²) in [5.74, 6) is -0.468. The number of halogens is 1. The summed E-state index contributed by atoms with van der Waals surface area (Å²) in [7, 11) is 0. The van der Waals surface area contributed by atoms with Crippen molar-refractivity contribution in [1.29, 1.82) is 0 Å². The second-order valence-corrected chi connectivity index (χ2v) is 3.96. The van der Waals surface area contributed by atoms with Gasteiger partial charge in [0.25, 0.3) is 5.91 Å². The lowest BCUT2D eigenvalue weighted by Gasteiger charge is -2.04. The van der Waals surface area contributed by atoms with Gasteiger partial charge in [0.2, 0.25) is 0 Å². The molecule has 0 fully saturated rings. The van der Waals surface area contributed by atoms with Crippen molar-refractivity contribution < 1.29 is 10.0 Å². The molecule has 2 N–H and O–H groups in total. The van der Waals surface area contributed by atoms with Gasteiger partial charge >= 0.3 is 0 Å². The first-order valence-electron chi connectivity index (χ1n) is 5.74. The maximum Gasteiger partial charge on any atom is 0.270 e. The van der Waals surface area contributed by atoms with Crippen LogP contribution < -0.4 is 5.32 Å². The van der Waals surface area contributed by atoms with E-state index in [2.05, 4.69) is 15.5 Å². The first kappa shape index (κ1) is 15.7. The molecule has 1 heterocycles. The van der Waals surface area contributed by atoms with Crippen LogP contribution in [0.1, 0.15) is 11.1 Å². The second-order valence-electron chi connectivity index (χ2n) is 3.96. The summed E-state index contributed by atoms with van der Waals surface area (Å²) < 4.78 is 0. The fourth-order valence-electron chi connectivity index (χ4n) is 1.67. The third-order valence-electron chi connectivity index (χ3n) is 2.55. The van der Waals surface area contributed by atoms with Crippen LogP contribution in [0.15, 0.2) is 53.9 Å². The molecule has 0 radical (unpaired) electrons. The molecule has 0 unspecified atom stereocenters. The van der Waals surface area contributed by atoms with Gasteiger partial charge in [-0.15, -0.1) is 12.4 Å². The Morgan fingerprint density at radius 1 is 1.15 bits per heavy atom. The highest BCUT2D eigenvalue weighted by molar-refractivity contribution is 6.31. The number of anilines is 1. The molecule has 1 aromatic heterocycles. The van der Waals surface area contributed by atoms with E-state index < -0.39 is 5.91 Å². The van der Waals surface area contributed by atoms with E-state index in [-0.39, 0.29) is 12.4 Å². The fraction of sp³-hybridized carbons (Fsp3) is 0.0714. The minimum absolute atomic E-state index is 0. The lowest BCUT2D eigenvalue weighted by atomic mass is 10.1. The highest BCUT2D eigenvalue weighted by Crippen LogP contribution is 2.13. The van der Waals surface area contributed by atoms with Gasteiger partial charge in [0.1, 0.15) is 6.21 Å². The van der Waals surface area contributed by atoms with E-state index in [9.17, 15) is 4.79 Å². The third kappa shape index (κ3) is 4.70. The van der Waals surface area contributed by atoms with Crippen molar-refractivity contribution >= 4 is 30.2 Å². The van der Waals surface area contributed by atoms with Crippen LogP contribution >= 0.6 is 12.4 Å². The van der Waals surface area contributed by atoms with E-state index in [1.807, 2.05) is 24.3 Å². The van der Waals surface area contributed by atoms with Crippen LogP contribution in [-0.2, 0) is 11.2 Å². The van der Waals surface area contributed by atoms with Crippen molar-refractivity contribution in [1.82, 2.24) is 4.98 Å². The zero-order chi connectivity index (χ0) is 13.5. The molecule has 0 aliphatic rings. The molecule has 0 atom stereocenters. The maximum atomic E-state index is 11.2. The SMILES string of the molecule is Cl.O=C(C=NO)Nc1ccc(Cc2ccncc2)cc1. The number of amides is 1. The van der Waals surface area contributed by atoms with Gasteiger partial charge in [0.15, 0.2) is 0 Å². The highest BCUT2D eigenvalue weighted by Gasteiger charge is 2.00. The molecule has 2 rings (SSSR count). The van der Waals surface area contributed by atoms with Crippen molar-refractivity contribution in [2.75, 3.05) is 5.32 Å². The van der Waals surface area contributed by atoms with E-state index in [1.165, 1.54) is 5.56 Å². The summed E-state index contributed by atoms with van der Waals surface area (Å²) in [5, 5.41) is 13.5. The van der Waals surface area contributed by atoms with Gasteiger partial charge in [-0.25, -0.2) is 0 Å². The molecule has 0 spiro atoms. The average molecular weight is 292 g/mol. The van der Waals surface area contributed by atoms with Crippen LogP contribution in [0.3, 0.4) is 0 Å². The lowest BCUT2D eigenvalue weighted by Crippen LogP contribution is -2.12. The van der Waals surface area contributed by atoms with E-state index in [4.69, 9.17) is 5.21 Å². The van der Waals surface area contributed by atoms with Gasteiger partial charge in [0.05, 0.1) is 0 Å². The Morgan fingerprint density at radius 3 is 2.35 bits per heavy atom. The van der Waals surface area contributed by atoms with Crippen molar-refractivity contribution in [3.63, 3.8) is 0 Å². The van der Waals surface area contributed by atoms with Crippen LogP contribution in [-0.4, -0.2) is 22.3 Å². The molecule has 2 aromatic rings. The Hall–Kier alpha value is -2.40. The number of nitrogens with one attached hydrogen (secondary N) is 1. The number of aromatic nitrogens is 1. The van der Waals surface area contributed by atoms with Crippen molar-refractivity contribution in [2.45, 2.75) is 6.42 Å². The molecule has 5 nitrogen and oxygen atoms in total. The smallest absolute Gasteiger partial charge is 0.270 e. The summed E-state index contributed by atoms with van der Waals surface area (Å²) in [4.78, 5) is 15.1. The van der Waals surface area contributed by atoms with Gasteiger partial charge in [0, 0.05) is 18.1 Å². The fourth-order valence-corrected chi connectivity index (χ4v) is 1.67. The monoisotopic (exact) mass is 291 g/mol. The Kier molecular flexibility index (Phi) is 6.19. The average Bonchev–Trinajstić information content (AvgIpc) is 2.42. The summed E-state index contributed by atoms with van der Waals surface area (Å²) in [6, 6.07) is 11.4.